The summed E-state index contributed by atoms with van der Waals surface area (Å²) in [5.41, 5.74) is 0. The molecule has 0 aromatic carbocycles. The number of nitrogens with one attached hydrogen (secondary N) is 1. The van der Waals surface area contributed by atoms with Crippen molar-refractivity contribution in [2.24, 2.45) is 17.8 Å². The molecule has 1 saturated carbocycles. The van der Waals surface area contributed by atoms with Gasteiger partial charge in [-0.1, -0.05) is 13.8 Å². The summed E-state index contributed by atoms with van der Waals surface area (Å²) < 4.78 is 36.9. The van der Waals surface area contributed by atoms with Crippen LogP contribution in [0.4, 0.5) is 13.2 Å². The zero-order valence-corrected chi connectivity index (χ0v) is 12.2. The van der Waals surface area contributed by atoms with E-state index in [1.54, 1.807) is 0 Å². The molecule has 2 N–H and O–H groups in total. The van der Waals surface area contributed by atoms with Gasteiger partial charge in [0.05, 0.1) is 6.42 Å². The smallest absolute Gasteiger partial charge is 0.391 e. The molecule has 0 bridgehead atoms. The van der Waals surface area contributed by atoms with Crippen LogP contribution in [0, 0.1) is 17.8 Å². The van der Waals surface area contributed by atoms with Crippen LogP contribution >= 0.6 is 0 Å². The zero-order chi connectivity index (χ0) is 16.2. The van der Waals surface area contributed by atoms with Crippen molar-refractivity contribution < 1.29 is 27.9 Å². The second-order valence-electron chi connectivity index (χ2n) is 6.07. The Kier molecular flexibility index (Phi) is 6.04. The standard InChI is InChI=1S/C14H22F3NO3/c1-8(2)9-3-5-10(6-4-9)12(19)18-11(13(20)21)7-14(15,16)17/h8-11H,3-7H2,1-2H3,(H,18,19)(H,20,21). The van der Waals surface area contributed by atoms with E-state index >= 15 is 0 Å². The third-order valence-electron chi connectivity index (χ3n) is 4.14. The predicted molar refractivity (Wildman–Crippen MR) is 70.5 cm³/mol. The summed E-state index contributed by atoms with van der Waals surface area (Å²) in [6, 6.07) is -1.90. The molecule has 0 spiro atoms. The molecule has 0 heterocycles. The van der Waals surface area contributed by atoms with Crippen molar-refractivity contribution in [3.8, 4) is 0 Å². The summed E-state index contributed by atoms with van der Waals surface area (Å²) in [6.07, 6.45) is -3.25. The first-order valence-corrected chi connectivity index (χ1v) is 7.20. The van der Waals surface area contributed by atoms with Gasteiger partial charge in [-0.25, -0.2) is 4.79 Å². The third kappa shape index (κ3) is 5.93. The second kappa shape index (κ2) is 7.13. The van der Waals surface area contributed by atoms with Gasteiger partial charge >= 0.3 is 12.1 Å². The molecule has 21 heavy (non-hydrogen) atoms. The van der Waals surface area contributed by atoms with Gasteiger partial charge in [0.15, 0.2) is 0 Å². The zero-order valence-electron chi connectivity index (χ0n) is 12.2. The lowest BCUT2D eigenvalue weighted by atomic mass is 9.76. The second-order valence-corrected chi connectivity index (χ2v) is 6.07. The number of carbonyl (C=O) groups excluding carboxylic acids is 1. The van der Waals surface area contributed by atoms with Crippen LogP contribution in [0.5, 0.6) is 0 Å². The molecule has 122 valence electrons. The minimum atomic E-state index is -4.62. The number of hydrogen-bond donors (Lipinski definition) is 2. The Morgan fingerprint density at radius 1 is 1.19 bits per heavy atom. The van der Waals surface area contributed by atoms with Crippen molar-refractivity contribution in [1.82, 2.24) is 5.32 Å². The van der Waals surface area contributed by atoms with Crippen LogP contribution in [-0.4, -0.2) is 29.2 Å². The molecule has 1 unspecified atom stereocenters. The number of carboxylic acids is 1. The lowest BCUT2D eigenvalue weighted by molar-refractivity contribution is -0.160. The fourth-order valence-electron chi connectivity index (χ4n) is 2.77. The van der Waals surface area contributed by atoms with E-state index in [0.717, 1.165) is 12.8 Å². The van der Waals surface area contributed by atoms with E-state index in [1.807, 2.05) is 5.32 Å². The fraction of sp³-hybridized carbons (Fsp3) is 0.857. The van der Waals surface area contributed by atoms with Gasteiger partial charge in [-0.15, -0.1) is 0 Å². The van der Waals surface area contributed by atoms with Crippen LogP contribution in [0.3, 0.4) is 0 Å². The number of amides is 1. The Labute approximate surface area is 122 Å². The number of hydrogen-bond acceptors (Lipinski definition) is 2. The van der Waals surface area contributed by atoms with Crippen LogP contribution in [0.25, 0.3) is 0 Å². The molecule has 1 fully saturated rings. The number of carboxylic acid groups (broad SMARTS) is 1. The van der Waals surface area contributed by atoms with Crippen LogP contribution in [0.2, 0.25) is 0 Å². The Hall–Kier alpha value is -1.27. The van der Waals surface area contributed by atoms with Crippen molar-refractivity contribution in [1.29, 1.82) is 0 Å². The molecule has 0 aliphatic heterocycles. The van der Waals surface area contributed by atoms with Crippen molar-refractivity contribution >= 4 is 11.9 Å². The van der Waals surface area contributed by atoms with E-state index in [4.69, 9.17) is 5.11 Å². The van der Waals surface area contributed by atoms with Gasteiger partial charge in [0.1, 0.15) is 6.04 Å². The first kappa shape index (κ1) is 17.8. The van der Waals surface area contributed by atoms with Crippen molar-refractivity contribution in [2.75, 3.05) is 0 Å². The molecule has 1 amide bonds. The molecule has 4 nitrogen and oxygen atoms in total. The lowest BCUT2D eigenvalue weighted by Crippen LogP contribution is -2.46. The molecule has 7 heteroatoms. The predicted octanol–water partition coefficient (Wildman–Crippen LogP) is 2.97. The summed E-state index contributed by atoms with van der Waals surface area (Å²) in [7, 11) is 0. The van der Waals surface area contributed by atoms with Gasteiger partial charge in [0.25, 0.3) is 0 Å². The molecule has 0 aromatic heterocycles. The van der Waals surface area contributed by atoms with E-state index in [2.05, 4.69) is 13.8 Å². The summed E-state index contributed by atoms with van der Waals surface area (Å²) in [5.74, 6) is -1.56. The molecule has 1 aliphatic rings. The Bertz CT molecular complexity index is 374. The Balaban J connectivity index is 2.53. The molecule has 0 saturated heterocycles. The van der Waals surface area contributed by atoms with E-state index < -0.39 is 30.5 Å². The highest BCUT2D eigenvalue weighted by atomic mass is 19.4. The molecule has 1 rings (SSSR count). The molecule has 0 radical (unpaired) electrons. The number of rotatable bonds is 5. The average molecular weight is 309 g/mol. The van der Waals surface area contributed by atoms with Gasteiger partial charge < -0.3 is 10.4 Å². The number of carbonyl (C=O) groups is 2. The van der Waals surface area contributed by atoms with Crippen molar-refractivity contribution in [3.05, 3.63) is 0 Å². The van der Waals surface area contributed by atoms with Crippen LogP contribution < -0.4 is 5.32 Å². The van der Waals surface area contributed by atoms with Crippen molar-refractivity contribution in [2.45, 2.75) is 58.2 Å². The summed E-state index contributed by atoms with van der Waals surface area (Å²) in [4.78, 5) is 22.8. The first-order chi connectivity index (χ1) is 9.60. The highest BCUT2D eigenvalue weighted by Crippen LogP contribution is 2.33. The number of halogens is 3. The van der Waals surface area contributed by atoms with Crippen molar-refractivity contribution in [3.63, 3.8) is 0 Å². The van der Waals surface area contributed by atoms with E-state index in [1.165, 1.54) is 0 Å². The van der Waals surface area contributed by atoms with Gasteiger partial charge in [0.2, 0.25) is 5.91 Å². The number of alkyl halides is 3. The minimum absolute atomic E-state index is 0.380. The van der Waals surface area contributed by atoms with Gasteiger partial charge in [0, 0.05) is 5.92 Å². The van der Waals surface area contributed by atoms with Gasteiger partial charge in [-0.05, 0) is 37.5 Å². The van der Waals surface area contributed by atoms with Crippen LogP contribution in [0.15, 0.2) is 0 Å². The van der Waals surface area contributed by atoms with E-state index in [9.17, 15) is 22.8 Å². The summed E-state index contributed by atoms with van der Waals surface area (Å²) >= 11 is 0. The summed E-state index contributed by atoms with van der Waals surface area (Å²) in [6.45, 7) is 4.21. The Morgan fingerprint density at radius 2 is 1.71 bits per heavy atom. The third-order valence-corrected chi connectivity index (χ3v) is 4.14. The van der Waals surface area contributed by atoms with E-state index in [-0.39, 0.29) is 5.92 Å². The Morgan fingerprint density at radius 3 is 2.10 bits per heavy atom. The van der Waals surface area contributed by atoms with Crippen LogP contribution in [0.1, 0.15) is 46.0 Å². The topological polar surface area (TPSA) is 66.4 Å². The van der Waals surface area contributed by atoms with E-state index in [0.29, 0.717) is 24.7 Å². The maximum absolute atomic E-state index is 12.3. The monoisotopic (exact) mass is 309 g/mol. The normalized spacial score (nSPS) is 24.7. The minimum Gasteiger partial charge on any atom is -0.480 e. The maximum Gasteiger partial charge on any atom is 0.391 e. The first-order valence-electron chi connectivity index (χ1n) is 7.20. The summed E-state index contributed by atoms with van der Waals surface area (Å²) in [5, 5.41) is 10.8. The molecule has 1 atom stereocenters. The maximum atomic E-state index is 12.3. The largest absolute Gasteiger partial charge is 0.480 e. The molecule has 1 aliphatic carbocycles. The van der Waals surface area contributed by atoms with Gasteiger partial charge in [-0.3, -0.25) is 4.79 Å². The lowest BCUT2D eigenvalue weighted by Gasteiger charge is -2.30. The molecular formula is C14H22F3NO3. The molecule has 0 aromatic rings. The highest BCUT2D eigenvalue weighted by Gasteiger charge is 2.37. The fourth-order valence-corrected chi connectivity index (χ4v) is 2.77. The SMILES string of the molecule is CC(C)C1CCC(C(=O)NC(CC(F)(F)F)C(=O)O)CC1. The van der Waals surface area contributed by atoms with Gasteiger partial charge in [-0.2, -0.15) is 13.2 Å². The molecular weight excluding hydrogens is 287 g/mol. The number of aliphatic carboxylic acids is 1. The van der Waals surface area contributed by atoms with Crippen LogP contribution in [-0.2, 0) is 9.59 Å². The quantitative estimate of drug-likeness (QED) is 0.820. The average Bonchev–Trinajstić information content (AvgIpc) is 2.36. The highest BCUT2D eigenvalue weighted by molar-refractivity contribution is 5.85.